The highest BCUT2D eigenvalue weighted by molar-refractivity contribution is 8.00. The van der Waals surface area contributed by atoms with Gasteiger partial charge in [-0.25, -0.2) is 4.39 Å². The normalized spacial score (nSPS) is 10.2. The highest BCUT2D eigenvalue weighted by atomic mass is 35.5. The molecule has 2 amide bonds. The van der Waals surface area contributed by atoms with Crippen LogP contribution in [0.3, 0.4) is 0 Å². The minimum atomic E-state index is -0.374. The number of amides is 2. The van der Waals surface area contributed by atoms with E-state index in [0.29, 0.717) is 10.6 Å². The topological polar surface area (TPSA) is 58.2 Å². The smallest absolute Gasteiger partial charge is 0.248 e. The molecule has 0 saturated heterocycles. The number of hydrogen-bond donors (Lipinski definition) is 2. The summed E-state index contributed by atoms with van der Waals surface area (Å²) in [7, 11) is 0. The van der Waals surface area contributed by atoms with E-state index in [1.807, 2.05) is 12.1 Å². The van der Waals surface area contributed by atoms with Crippen molar-refractivity contribution in [1.29, 1.82) is 0 Å². The van der Waals surface area contributed by atoms with Crippen LogP contribution in [0.1, 0.15) is 5.56 Å². The molecule has 2 aromatic carbocycles. The Hall–Kier alpha value is -2.05. The molecule has 0 aliphatic rings. The molecule has 23 heavy (non-hydrogen) atoms. The molecule has 0 unspecified atom stereocenters. The van der Waals surface area contributed by atoms with Gasteiger partial charge >= 0.3 is 0 Å². The molecule has 0 saturated carbocycles. The summed E-state index contributed by atoms with van der Waals surface area (Å²) in [6, 6.07) is 12.7. The van der Waals surface area contributed by atoms with Gasteiger partial charge in [-0.15, -0.1) is 11.8 Å². The van der Waals surface area contributed by atoms with Gasteiger partial charge in [-0.05, 0) is 42.0 Å². The van der Waals surface area contributed by atoms with Gasteiger partial charge in [0.05, 0.1) is 12.2 Å². The minimum Gasteiger partial charge on any atom is -0.273 e. The van der Waals surface area contributed by atoms with E-state index in [0.717, 1.165) is 4.90 Å². The average molecular weight is 353 g/mol. The number of carbonyl (C=O) groups is 2. The van der Waals surface area contributed by atoms with Gasteiger partial charge in [0.25, 0.3) is 0 Å². The highest BCUT2D eigenvalue weighted by Crippen LogP contribution is 2.19. The molecule has 0 bridgehead atoms. The van der Waals surface area contributed by atoms with Gasteiger partial charge in [0, 0.05) is 9.92 Å². The summed E-state index contributed by atoms with van der Waals surface area (Å²) in [5, 5.41) is 0.631. The molecule has 2 rings (SSSR count). The molecule has 0 heterocycles. The third kappa shape index (κ3) is 6.30. The molecule has 7 heteroatoms. The number of nitrogens with one attached hydrogen (secondary N) is 2. The summed E-state index contributed by atoms with van der Waals surface area (Å²) in [6.45, 7) is 0. The lowest BCUT2D eigenvalue weighted by Gasteiger charge is -2.07. The molecule has 0 aliphatic heterocycles. The Morgan fingerprint density at radius 2 is 1.57 bits per heavy atom. The van der Waals surface area contributed by atoms with E-state index < -0.39 is 0 Å². The number of hydrogen-bond acceptors (Lipinski definition) is 3. The highest BCUT2D eigenvalue weighted by Gasteiger charge is 2.07. The summed E-state index contributed by atoms with van der Waals surface area (Å²) in [5.41, 5.74) is 5.32. The summed E-state index contributed by atoms with van der Waals surface area (Å²) >= 11 is 7.11. The van der Waals surface area contributed by atoms with Crippen LogP contribution < -0.4 is 10.9 Å². The number of carbonyl (C=O) groups excluding carboxylic acids is 2. The quantitative estimate of drug-likeness (QED) is 0.642. The largest absolute Gasteiger partial charge is 0.273 e. The van der Waals surface area contributed by atoms with Crippen LogP contribution in [0.15, 0.2) is 53.4 Å². The lowest BCUT2D eigenvalue weighted by molar-refractivity contribution is -0.127. The minimum absolute atomic E-state index is 0.0604. The van der Waals surface area contributed by atoms with Crippen LogP contribution in [-0.2, 0) is 16.0 Å². The molecule has 0 radical (unpaired) electrons. The van der Waals surface area contributed by atoms with Crippen LogP contribution in [0, 0.1) is 5.82 Å². The second-order valence-electron chi connectivity index (χ2n) is 4.64. The summed E-state index contributed by atoms with van der Waals surface area (Å²) in [6.07, 6.45) is 0.0604. The lowest BCUT2D eigenvalue weighted by Crippen LogP contribution is -2.43. The maximum atomic E-state index is 12.8. The number of halogens is 2. The third-order valence-corrected chi connectivity index (χ3v) is 4.07. The van der Waals surface area contributed by atoms with Gasteiger partial charge in [0.1, 0.15) is 5.82 Å². The average Bonchev–Trinajstić information content (AvgIpc) is 2.54. The molecular formula is C16H14ClFN2O2S. The standard InChI is InChI=1S/C16H14ClFN2O2S/c17-12-3-7-14(8-4-12)23-10-16(22)20-19-15(21)9-11-1-5-13(18)6-2-11/h1-8H,9-10H2,(H,19,21)(H,20,22). The van der Waals surface area contributed by atoms with E-state index >= 15 is 0 Å². The van der Waals surface area contributed by atoms with Crippen molar-refractivity contribution < 1.29 is 14.0 Å². The first-order valence-corrected chi connectivity index (χ1v) is 8.10. The van der Waals surface area contributed by atoms with Crippen molar-refractivity contribution in [2.75, 3.05) is 5.75 Å². The first-order chi connectivity index (χ1) is 11.0. The van der Waals surface area contributed by atoms with Crippen LogP contribution in [0.5, 0.6) is 0 Å². The Balaban J connectivity index is 1.70. The maximum absolute atomic E-state index is 12.8. The Morgan fingerprint density at radius 1 is 0.957 bits per heavy atom. The summed E-state index contributed by atoms with van der Waals surface area (Å²) in [4.78, 5) is 24.2. The molecule has 2 aromatic rings. The van der Waals surface area contributed by atoms with Gasteiger partial charge in [-0.1, -0.05) is 23.7 Å². The fraction of sp³-hybridized carbons (Fsp3) is 0.125. The maximum Gasteiger partial charge on any atom is 0.248 e. The number of thioether (sulfide) groups is 1. The Kier molecular flexibility index (Phi) is 6.43. The van der Waals surface area contributed by atoms with Crippen molar-refractivity contribution in [2.45, 2.75) is 11.3 Å². The second-order valence-corrected chi connectivity index (χ2v) is 6.13. The van der Waals surface area contributed by atoms with Gasteiger partial charge < -0.3 is 0 Å². The molecule has 2 N–H and O–H groups in total. The summed E-state index contributed by atoms with van der Waals surface area (Å²) in [5.74, 6) is -0.890. The van der Waals surface area contributed by atoms with Crippen LogP contribution >= 0.6 is 23.4 Å². The van der Waals surface area contributed by atoms with E-state index in [2.05, 4.69) is 10.9 Å². The Morgan fingerprint density at radius 3 is 2.22 bits per heavy atom. The van der Waals surface area contributed by atoms with Gasteiger partial charge in [-0.3, -0.25) is 20.4 Å². The van der Waals surface area contributed by atoms with E-state index in [1.165, 1.54) is 36.0 Å². The van der Waals surface area contributed by atoms with Crippen molar-refractivity contribution in [2.24, 2.45) is 0 Å². The first kappa shape index (κ1) is 17.3. The van der Waals surface area contributed by atoms with Crippen LogP contribution in [-0.4, -0.2) is 17.6 Å². The molecule has 0 spiro atoms. The van der Waals surface area contributed by atoms with Crippen LogP contribution in [0.25, 0.3) is 0 Å². The lowest BCUT2D eigenvalue weighted by atomic mass is 10.1. The van der Waals surface area contributed by atoms with Crippen molar-refractivity contribution in [1.82, 2.24) is 10.9 Å². The third-order valence-electron chi connectivity index (χ3n) is 2.80. The monoisotopic (exact) mass is 352 g/mol. The molecule has 0 fully saturated rings. The van der Waals surface area contributed by atoms with Gasteiger partial charge in [-0.2, -0.15) is 0 Å². The van der Waals surface area contributed by atoms with E-state index in [4.69, 9.17) is 11.6 Å². The number of rotatable bonds is 5. The molecule has 4 nitrogen and oxygen atoms in total. The van der Waals surface area contributed by atoms with Crippen molar-refractivity contribution in [3.8, 4) is 0 Å². The van der Waals surface area contributed by atoms with Gasteiger partial charge in [0.2, 0.25) is 11.8 Å². The van der Waals surface area contributed by atoms with E-state index in [-0.39, 0.29) is 29.8 Å². The van der Waals surface area contributed by atoms with Crippen molar-refractivity contribution in [3.63, 3.8) is 0 Å². The zero-order chi connectivity index (χ0) is 16.7. The van der Waals surface area contributed by atoms with Crippen LogP contribution in [0.4, 0.5) is 4.39 Å². The molecular weight excluding hydrogens is 339 g/mol. The number of benzene rings is 2. The number of hydrazine groups is 1. The van der Waals surface area contributed by atoms with Gasteiger partial charge in [0.15, 0.2) is 0 Å². The molecule has 0 aliphatic carbocycles. The van der Waals surface area contributed by atoms with E-state index in [9.17, 15) is 14.0 Å². The molecule has 0 aromatic heterocycles. The zero-order valence-electron chi connectivity index (χ0n) is 12.0. The molecule has 120 valence electrons. The Labute approximate surface area is 142 Å². The molecule has 0 atom stereocenters. The fourth-order valence-corrected chi connectivity index (χ4v) is 2.51. The van der Waals surface area contributed by atoms with Crippen molar-refractivity contribution >= 4 is 35.2 Å². The van der Waals surface area contributed by atoms with E-state index in [1.54, 1.807) is 12.1 Å². The van der Waals surface area contributed by atoms with Crippen LogP contribution in [0.2, 0.25) is 5.02 Å². The summed E-state index contributed by atoms with van der Waals surface area (Å²) < 4.78 is 12.8. The predicted molar refractivity (Wildman–Crippen MR) is 88.6 cm³/mol. The zero-order valence-corrected chi connectivity index (χ0v) is 13.6. The predicted octanol–water partition coefficient (Wildman–Crippen LogP) is 2.96. The first-order valence-electron chi connectivity index (χ1n) is 6.73. The SMILES string of the molecule is O=C(CSc1ccc(Cl)cc1)NNC(=O)Cc1ccc(F)cc1. The van der Waals surface area contributed by atoms with Crippen molar-refractivity contribution in [3.05, 3.63) is 64.9 Å². The second kappa shape index (κ2) is 8.55. The fourth-order valence-electron chi connectivity index (χ4n) is 1.69. The Bertz CT molecular complexity index is 677.